The molecule has 11 nitrogen and oxygen atoms in total. The van der Waals surface area contributed by atoms with Gasteiger partial charge in [0.1, 0.15) is 10.6 Å². The van der Waals surface area contributed by atoms with Gasteiger partial charge in [0.15, 0.2) is 6.61 Å². The molecular formula is C20H21ClN4O7S. The van der Waals surface area contributed by atoms with Gasteiger partial charge in [0.25, 0.3) is 11.5 Å². The maximum absolute atomic E-state index is 11.9. The second-order valence-electron chi connectivity index (χ2n) is 6.53. The number of carboxylic acid groups (broad SMARTS) is 1. The van der Waals surface area contributed by atoms with Gasteiger partial charge >= 0.3 is 11.9 Å². The molecule has 0 spiro atoms. The highest BCUT2D eigenvalue weighted by molar-refractivity contribution is 7.19. The van der Waals surface area contributed by atoms with E-state index in [9.17, 15) is 19.2 Å². The van der Waals surface area contributed by atoms with Crippen LogP contribution in [0.3, 0.4) is 0 Å². The largest absolute Gasteiger partial charge is 0.482 e. The fourth-order valence-corrected chi connectivity index (χ4v) is 3.94. The molecule has 1 aliphatic heterocycles. The van der Waals surface area contributed by atoms with Gasteiger partial charge < -0.3 is 30.6 Å². The SMILES string of the molecule is CCOC(=O)c1c(C)sc2nc(C(=O)O)[nH]c(=O)c12.Cl.NCc1ccc2c(c1)NC(=O)CO2. The quantitative estimate of drug-likeness (QED) is 0.394. The molecule has 3 aromatic rings. The number of carboxylic acids is 1. The standard InChI is InChI=1S/C11H10N2O5S.C9H10N2O2.ClH/c1-3-18-11(17)5-4(2)19-9-6(5)8(14)12-7(13-9)10(15)16;10-4-6-1-2-8-7(3-6)11-9(12)5-13-8;/h3H2,1-2H3,(H,15,16)(H,12,13,14);1-3H,4-5,10H2,(H,11,12);1H. The molecule has 1 aromatic carbocycles. The normalized spacial score (nSPS) is 11.8. The van der Waals surface area contributed by atoms with E-state index in [1.54, 1.807) is 13.8 Å². The fourth-order valence-electron chi connectivity index (χ4n) is 2.93. The van der Waals surface area contributed by atoms with E-state index >= 15 is 0 Å². The molecule has 176 valence electrons. The van der Waals surface area contributed by atoms with Crippen LogP contribution in [0.15, 0.2) is 23.0 Å². The summed E-state index contributed by atoms with van der Waals surface area (Å²) in [6.07, 6.45) is 0. The van der Waals surface area contributed by atoms with Gasteiger partial charge in [0.05, 0.1) is 23.2 Å². The lowest BCUT2D eigenvalue weighted by Gasteiger charge is -2.18. The topological polar surface area (TPSA) is 174 Å². The molecule has 33 heavy (non-hydrogen) atoms. The highest BCUT2D eigenvalue weighted by Gasteiger charge is 2.22. The van der Waals surface area contributed by atoms with Crippen molar-refractivity contribution in [2.24, 2.45) is 5.73 Å². The first-order valence-corrected chi connectivity index (χ1v) is 10.3. The van der Waals surface area contributed by atoms with Crippen molar-refractivity contribution in [3.8, 4) is 5.75 Å². The summed E-state index contributed by atoms with van der Waals surface area (Å²) in [6, 6.07) is 5.53. The molecular weight excluding hydrogens is 476 g/mol. The number of nitrogens with two attached hydrogens (primary N) is 1. The van der Waals surface area contributed by atoms with Gasteiger partial charge in [-0.25, -0.2) is 14.6 Å². The summed E-state index contributed by atoms with van der Waals surface area (Å²) in [5.74, 6) is -1.81. The minimum Gasteiger partial charge on any atom is -0.482 e. The van der Waals surface area contributed by atoms with Crippen LogP contribution < -0.4 is 21.3 Å². The van der Waals surface area contributed by atoms with E-state index in [0.29, 0.717) is 22.9 Å². The maximum Gasteiger partial charge on any atom is 0.372 e. The predicted octanol–water partition coefficient (Wildman–Crippen LogP) is 2.07. The number of H-pyrrole nitrogens is 1. The van der Waals surface area contributed by atoms with Gasteiger partial charge in [0.2, 0.25) is 5.82 Å². The number of nitrogens with zero attached hydrogens (tertiary/aromatic N) is 1. The molecule has 0 radical (unpaired) electrons. The van der Waals surface area contributed by atoms with Crippen molar-refractivity contribution < 1.29 is 29.0 Å². The Bertz CT molecular complexity index is 1270. The lowest BCUT2D eigenvalue weighted by Crippen LogP contribution is -2.25. The number of carbonyl (C=O) groups is 3. The number of ether oxygens (including phenoxy) is 2. The third-order valence-corrected chi connectivity index (χ3v) is 5.33. The minimum atomic E-state index is -1.33. The molecule has 5 N–H and O–H groups in total. The maximum atomic E-state index is 11.9. The second kappa shape index (κ2) is 10.9. The summed E-state index contributed by atoms with van der Waals surface area (Å²) >= 11 is 1.08. The van der Waals surface area contributed by atoms with Crippen LogP contribution in [-0.2, 0) is 16.1 Å². The monoisotopic (exact) mass is 496 g/mol. The number of hydrogen-bond donors (Lipinski definition) is 4. The number of carbonyl (C=O) groups excluding carboxylic acids is 2. The van der Waals surface area contributed by atoms with Crippen molar-refractivity contribution in [2.45, 2.75) is 20.4 Å². The van der Waals surface area contributed by atoms with Gasteiger partial charge in [-0.3, -0.25) is 9.59 Å². The van der Waals surface area contributed by atoms with Crippen LogP contribution in [0.1, 0.15) is 38.3 Å². The van der Waals surface area contributed by atoms with Crippen molar-refractivity contribution in [2.75, 3.05) is 18.5 Å². The van der Waals surface area contributed by atoms with Gasteiger partial charge in [-0.1, -0.05) is 6.07 Å². The van der Waals surface area contributed by atoms with Crippen LogP contribution in [0.5, 0.6) is 5.75 Å². The third kappa shape index (κ3) is 5.66. The number of fused-ring (bicyclic) bond motifs is 2. The van der Waals surface area contributed by atoms with E-state index in [4.69, 9.17) is 20.3 Å². The lowest BCUT2D eigenvalue weighted by atomic mass is 10.1. The van der Waals surface area contributed by atoms with Crippen LogP contribution in [0.2, 0.25) is 0 Å². The van der Waals surface area contributed by atoms with E-state index in [1.807, 2.05) is 18.2 Å². The first kappa shape index (κ1) is 25.8. The van der Waals surface area contributed by atoms with Gasteiger partial charge in [0, 0.05) is 11.4 Å². The molecule has 0 aliphatic carbocycles. The van der Waals surface area contributed by atoms with Gasteiger partial charge in [-0.15, -0.1) is 23.7 Å². The zero-order valence-electron chi connectivity index (χ0n) is 17.6. The second-order valence-corrected chi connectivity index (χ2v) is 7.73. The number of halogens is 1. The van der Waals surface area contributed by atoms with Crippen LogP contribution in [0.4, 0.5) is 5.69 Å². The Morgan fingerprint density at radius 1 is 1.33 bits per heavy atom. The molecule has 0 fully saturated rings. The van der Waals surface area contributed by atoms with Crippen molar-refractivity contribution >= 4 is 57.5 Å². The van der Waals surface area contributed by atoms with E-state index in [0.717, 1.165) is 16.9 Å². The van der Waals surface area contributed by atoms with Crippen molar-refractivity contribution in [3.63, 3.8) is 0 Å². The van der Waals surface area contributed by atoms with E-state index in [1.165, 1.54) is 0 Å². The van der Waals surface area contributed by atoms with Crippen LogP contribution in [0, 0.1) is 6.92 Å². The highest BCUT2D eigenvalue weighted by Crippen LogP contribution is 2.28. The zero-order chi connectivity index (χ0) is 23.4. The summed E-state index contributed by atoms with van der Waals surface area (Å²) < 4.78 is 10.1. The number of amides is 1. The van der Waals surface area contributed by atoms with Gasteiger partial charge in [-0.2, -0.15) is 0 Å². The molecule has 1 amide bonds. The summed E-state index contributed by atoms with van der Waals surface area (Å²) in [4.78, 5) is 52.2. The average molecular weight is 497 g/mol. The molecule has 4 rings (SSSR count). The summed E-state index contributed by atoms with van der Waals surface area (Å²) in [6.45, 7) is 4.05. The Labute approximate surface area is 197 Å². The molecule has 0 saturated heterocycles. The third-order valence-electron chi connectivity index (χ3n) is 4.33. The summed E-state index contributed by atoms with van der Waals surface area (Å²) in [5.41, 5.74) is 6.64. The number of aromatic amines is 1. The number of hydrogen-bond acceptors (Lipinski definition) is 9. The van der Waals surface area contributed by atoms with Crippen molar-refractivity contribution in [3.05, 3.63) is 50.4 Å². The lowest BCUT2D eigenvalue weighted by molar-refractivity contribution is -0.118. The smallest absolute Gasteiger partial charge is 0.372 e. The Hall–Kier alpha value is -3.48. The molecule has 0 atom stereocenters. The van der Waals surface area contributed by atoms with Gasteiger partial charge in [-0.05, 0) is 31.5 Å². The molecule has 0 saturated carbocycles. The Balaban J connectivity index is 0.000000241. The van der Waals surface area contributed by atoms with Crippen LogP contribution in [0.25, 0.3) is 10.2 Å². The van der Waals surface area contributed by atoms with Crippen LogP contribution in [-0.4, -0.2) is 46.1 Å². The fraction of sp³-hybridized carbons (Fsp3) is 0.250. The molecule has 13 heteroatoms. The molecule has 2 aromatic heterocycles. The van der Waals surface area contributed by atoms with E-state index in [2.05, 4.69) is 15.3 Å². The Morgan fingerprint density at radius 2 is 2.06 bits per heavy atom. The summed E-state index contributed by atoms with van der Waals surface area (Å²) in [7, 11) is 0. The Kier molecular flexibility index (Phi) is 8.51. The average Bonchev–Trinajstić information content (AvgIpc) is 3.10. The van der Waals surface area contributed by atoms with Crippen LogP contribution >= 0.6 is 23.7 Å². The Morgan fingerprint density at radius 3 is 2.70 bits per heavy atom. The van der Waals surface area contributed by atoms with E-state index in [-0.39, 0.29) is 47.3 Å². The number of aromatic carboxylic acids is 1. The first-order chi connectivity index (χ1) is 15.2. The number of anilines is 1. The predicted molar refractivity (Wildman–Crippen MR) is 124 cm³/mol. The number of rotatable bonds is 4. The number of aromatic nitrogens is 2. The number of nitrogens with one attached hydrogen (secondary N) is 2. The number of benzene rings is 1. The molecule has 0 bridgehead atoms. The number of esters is 1. The highest BCUT2D eigenvalue weighted by atomic mass is 35.5. The van der Waals surface area contributed by atoms with Crippen molar-refractivity contribution in [1.29, 1.82) is 0 Å². The number of aryl methyl sites for hydroxylation is 1. The first-order valence-electron chi connectivity index (χ1n) is 9.44. The minimum absolute atomic E-state index is 0. The zero-order valence-corrected chi connectivity index (χ0v) is 19.2. The van der Waals surface area contributed by atoms with E-state index < -0.39 is 23.3 Å². The molecule has 3 heterocycles. The molecule has 0 unspecified atom stereocenters. The summed E-state index contributed by atoms with van der Waals surface area (Å²) in [5, 5.41) is 11.6. The molecule has 1 aliphatic rings. The van der Waals surface area contributed by atoms with Crippen molar-refractivity contribution in [1.82, 2.24) is 9.97 Å². The number of thiophene rings is 1.